The third kappa shape index (κ3) is 7.47. The van der Waals surface area contributed by atoms with Crippen LogP contribution in [0.3, 0.4) is 0 Å². The smallest absolute Gasteiger partial charge is 0.100 e. The van der Waals surface area contributed by atoms with Crippen molar-refractivity contribution in [3.63, 3.8) is 0 Å². The van der Waals surface area contributed by atoms with Gasteiger partial charge in [-0.3, -0.25) is 0 Å². The summed E-state index contributed by atoms with van der Waals surface area (Å²) >= 11 is 0. The van der Waals surface area contributed by atoms with Crippen LogP contribution in [0, 0.1) is 0 Å². The topological polar surface area (TPSA) is 49.7 Å². The van der Waals surface area contributed by atoms with Crippen molar-refractivity contribution >= 4 is 0 Å². The SMILES string of the molecule is C=C/C=C/CCOCC(O)CO. The van der Waals surface area contributed by atoms with Crippen molar-refractivity contribution < 1.29 is 14.9 Å². The van der Waals surface area contributed by atoms with Crippen LogP contribution in [0.15, 0.2) is 24.8 Å². The molecule has 0 aromatic carbocycles. The molecule has 0 saturated heterocycles. The molecule has 0 aliphatic rings. The molecule has 3 nitrogen and oxygen atoms in total. The third-order valence-electron chi connectivity index (χ3n) is 1.22. The molecule has 0 rings (SSSR count). The van der Waals surface area contributed by atoms with Crippen LogP contribution in [0.5, 0.6) is 0 Å². The lowest BCUT2D eigenvalue weighted by Gasteiger charge is -2.06. The Balaban J connectivity index is 3.10. The minimum absolute atomic E-state index is 0.193. The number of allylic oxidation sites excluding steroid dienone is 2. The second kappa shape index (κ2) is 8.46. The molecule has 0 spiro atoms. The van der Waals surface area contributed by atoms with Crippen LogP contribution in [0.1, 0.15) is 6.42 Å². The summed E-state index contributed by atoms with van der Waals surface area (Å²) in [6.45, 7) is 4.02. The molecule has 3 heteroatoms. The van der Waals surface area contributed by atoms with Crippen molar-refractivity contribution in [3.05, 3.63) is 24.8 Å². The van der Waals surface area contributed by atoms with Gasteiger partial charge in [0, 0.05) is 0 Å². The van der Waals surface area contributed by atoms with Gasteiger partial charge in [-0.15, -0.1) is 0 Å². The van der Waals surface area contributed by atoms with Crippen LogP contribution < -0.4 is 0 Å². The molecular weight excluding hydrogens is 156 g/mol. The van der Waals surface area contributed by atoms with E-state index in [0.717, 1.165) is 6.42 Å². The zero-order valence-electron chi connectivity index (χ0n) is 7.15. The van der Waals surface area contributed by atoms with E-state index in [1.54, 1.807) is 6.08 Å². The first-order chi connectivity index (χ1) is 5.81. The minimum atomic E-state index is -0.756. The average Bonchev–Trinajstić information content (AvgIpc) is 2.10. The second-order valence-electron chi connectivity index (χ2n) is 2.36. The Morgan fingerprint density at radius 1 is 1.50 bits per heavy atom. The van der Waals surface area contributed by atoms with Crippen molar-refractivity contribution in [1.29, 1.82) is 0 Å². The highest BCUT2D eigenvalue weighted by Gasteiger charge is 1.99. The Labute approximate surface area is 73.0 Å². The summed E-state index contributed by atoms with van der Waals surface area (Å²) < 4.78 is 5.04. The molecule has 1 atom stereocenters. The Kier molecular flexibility index (Phi) is 8.01. The molecule has 2 N–H and O–H groups in total. The highest BCUT2D eigenvalue weighted by Crippen LogP contribution is 1.88. The Hall–Kier alpha value is -0.640. The maximum atomic E-state index is 8.85. The summed E-state index contributed by atoms with van der Waals surface area (Å²) in [5, 5.41) is 17.3. The fourth-order valence-corrected chi connectivity index (χ4v) is 0.616. The molecule has 0 heterocycles. The lowest BCUT2D eigenvalue weighted by molar-refractivity contribution is 0.00768. The molecule has 1 unspecified atom stereocenters. The monoisotopic (exact) mass is 172 g/mol. The highest BCUT2D eigenvalue weighted by molar-refractivity contribution is 4.96. The lowest BCUT2D eigenvalue weighted by atomic mass is 10.4. The largest absolute Gasteiger partial charge is 0.394 e. The van der Waals surface area contributed by atoms with E-state index in [0.29, 0.717) is 6.61 Å². The fraction of sp³-hybridized carbons (Fsp3) is 0.556. The van der Waals surface area contributed by atoms with E-state index < -0.39 is 6.10 Å². The van der Waals surface area contributed by atoms with Crippen molar-refractivity contribution in [3.8, 4) is 0 Å². The average molecular weight is 172 g/mol. The molecule has 0 bridgehead atoms. The summed E-state index contributed by atoms with van der Waals surface area (Å²) in [7, 11) is 0. The van der Waals surface area contributed by atoms with E-state index in [1.165, 1.54) is 0 Å². The number of aliphatic hydroxyl groups excluding tert-OH is 2. The Bertz CT molecular complexity index is 132. The number of aliphatic hydroxyl groups is 2. The minimum Gasteiger partial charge on any atom is -0.394 e. The van der Waals surface area contributed by atoms with Crippen molar-refractivity contribution in [2.75, 3.05) is 19.8 Å². The first kappa shape index (κ1) is 11.4. The van der Waals surface area contributed by atoms with Crippen molar-refractivity contribution in [2.24, 2.45) is 0 Å². The summed E-state index contributed by atoms with van der Waals surface area (Å²) in [6, 6.07) is 0. The maximum absolute atomic E-state index is 8.85. The van der Waals surface area contributed by atoms with E-state index in [9.17, 15) is 0 Å². The third-order valence-corrected chi connectivity index (χ3v) is 1.22. The first-order valence-electron chi connectivity index (χ1n) is 3.95. The molecule has 12 heavy (non-hydrogen) atoms. The van der Waals surface area contributed by atoms with Crippen LogP contribution in [-0.4, -0.2) is 36.1 Å². The Morgan fingerprint density at radius 3 is 2.83 bits per heavy atom. The molecular formula is C9H16O3. The molecule has 0 aromatic heterocycles. The number of hydrogen-bond donors (Lipinski definition) is 2. The second-order valence-corrected chi connectivity index (χ2v) is 2.36. The fourth-order valence-electron chi connectivity index (χ4n) is 0.616. The van der Waals surface area contributed by atoms with Gasteiger partial charge in [0.25, 0.3) is 0 Å². The molecule has 0 fully saturated rings. The normalized spacial score (nSPS) is 13.5. The van der Waals surface area contributed by atoms with Gasteiger partial charge in [0.05, 0.1) is 19.8 Å². The molecule has 0 aromatic rings. The maximum Gasteiger partial charge on any atom is 0.100 e. The van der Waals surface area contributed by atoms with Gasteiger partial charge < -0.3 is 14.9 Å². The highest BCUT2D eigenvalue weighted by atomic mass is 16.5. The van der Waals surface area contributed by atoms with E-state index in [1.807, 2.05) is 12.2 Å². The molecule has 0 amide bonds. The van der Waals surface area contributed by atoms with Gasteiger partial charge in [-0.25, -0.2) is 0 Å². The van der Waals surface area contributed by atoms with Crippen LogP contribution in [-0.2, 0) is 4.74 Å². The van der Waals surface area contributed by atoms with Gasteiger partial charge in [0.1, 0.15) is 6.10 Å². The van der Waals surface area contributed by atoms with E-state index in [-0.39, 0.29) is 13.2 Å². The van der Waals surface area contributed by atoms with Gasteiger partial charge in [0.15, 0.2) is 0 Å². The number of hydrogen-bond acceptors (Lipinski definition) is 3. The molecule has 0 radical (unpaired) electrons. The Morgan fingerprint density at radius 2 is 2.25 bits per heavy atom. The molecule has 0 saturated carbocycles. The summed E-state index contributed by atoms with van der Waals surface area (Å²) in [5.41, 5.74) is 0. The van der Waals surface area contributed by atoms with Gasteiger partial charge >= 0.3 is 0 Å². The van der Waals surface area contributed by atoms with Crippen molar-refractivity contribution in [2.45, 2.75) is 12.5 Å². The quantitative estimate of drug-likeness (QED) is 0.434. The van der Waals surface area contributed by atoms with Crippen LogP contribution in [0.2, 0.25) is 0 Å². The summed E-state index contributed by atoms with van der Waals surface area (Å²) in [5.74, 6) is 0. The van der Waals surface area contributed by atoms with Gasteiger partial charge in [0.2, 0.25) is 0 Å². The zero-order valence-corrected chi connectivity index (χ0v) is 7.15. The lowest BCUT2D eigenvalue weighted by Crippen LogP contribution is -2.19. The van der Waals surface area contributed by atoms with Crippen LogP contribution >= 0.6 is 0 Å². The van der Waals surface area contributed by atoms with Crippen LogP contribution in [0.4, 0.5) is 0 Å². The van der Waals surface area contributed by atoms with Crippen molar-refractivity contribution in [1.82, 2.24) is 0 Å². The van der Waals surface area contributed by atoms with E-state index in [4.69, 9.17) is 14.9 Å². The summed E-state index contributed by atoms with van der Waals surface area (Å²) in [4.78, 5) is 0. The number of rotatable bonds is 7. The van der Waals surface area contributed by atoms with Gasteiger partial charge in [-0.05, 0) is 6.42 Å². The van der Waals surface area contributed by atoms with E-state index >= 15 is 0 Å². The standard InChI is InChI=1S/C9H16O3/c1-2-3-4-5-6-12-8-9(11)7-10/h2-4,9-11H,1,5-8H2/b4-3+. The molecule has 0 aliphatic carbocycles. The predicted octanol–water partition coefficient (Wildman–Crippen LogP) is 0.488. The predicted molar refractivity (Wildman–Crippen MR) is 47.9 cm³/mol. The molecule has 0 aliphatic heterocycles. The van der Waals surface area contributed by atoms with E-state index in [2.05, 4.69) is 6.58 Å². The first-order valence-corrected chi connectivity index (χ1v) is 3.95. The zero-order chi connectivity index (χ0) is 9.23. The molecule has 70 valence electrons. The summed E-state index contributed by atoms with van der Waals surface area (Å²) in [6.07, 6.45) is 5.50. The number of ether oxygens (including phenoxy) is 1. The van der Waals surface area contributed by atoms with Crippen LogP contribution in [0.25, 0.3) is 0 Å². The van der Waals surface area contributed by atoms with Gasteiger partial charge in [-0.1, -0.05) is 24.8 Å². The van der Waals surface area contributed by atoms with Gasteiger partial charge in [-0.2, -0.15) is 0 Å².